The van der Waals surface area contributed by atoms with Gasteiger partial charge in [-0.1, -0.05) is 11.6 Å². The molecular formula is C13H17ClN4O2. The molecule has 0 spiro atoms. The van der Waals surface area contributed by atoms with Crippen LogP contribution in [0.5, 0.6) is 5.75 Å². The molecule has 0 heterocycles. The van der Waals surface area contributed by atoms with Gasteiger partial charge in [-0.2, -0.15) is 4.99 Å². The second kappa shape index (κ2) is 6.00. The summed E-state index contributed by atoms with van der Waals surface area (Å²) in [5.74, 6) is 0.689. The second-order valence-corrected chi connectivity index (χ2v) is 5.12. The molecule has 0 aliphatic heterocycles. The molecule has 0 aromatic heterocycles. The first-order chi connectivity index (χ1) is 9.51. The highest BCUT2D eigenvalue weighted by Crippen LogP contribution is 2.35. The highest BCUT2D eigenvalue weighted by atomic mass is 35.5. The molecule has 1 aliphatic carbocycles. The first-order valence-electron chi connectivity index (χ1n) is 6.33. The topological polar surface area (TPSA) is 91.0 Å². The minimum atomic E-state index is -0.516. The molecule has 1 fully saturated rings. The number of guanidine groups is 1. The summed E-state index contributed by atoms with van der Waals surface area (Å²) in [4.78, 5) is 16.8. The summed E-state index contributed by atoms with van der Waals surface area (Å²) < 4.78 is 0. The van der Waals surface area contributed by atoms with Gasteiger partial charge in [-0.15, -0.1) is 0 Å². The van der Waals surface area contributed by atoms with Crippen LogP contribution < -0.4 is 16.0 Å². The molecule has 6 nitrogen and oxygen atoms in total. The van der Waals surface area contributed by atoms with E-state index in [0.29, 0.717) is 23.2 Å². The maximum Gasteiger partial charge on any atom is 0.343 e. The van der Waals surface area contributed by atoms with Crippen LogP contribution in [0.25, 0.3) is 0 Å². The predicted octanol–water partition coefficient (Wildman–Crippen LogP) is 1.92. The Bertz CT molecular complexity index is 543. The zero-order valence-electron chi connectivity index (χ0n) is 11.1. The van der Waals surface area contributed by atoms with Crippen LogP contribution in [0.2, 0.25) is 5.02 Å². The summed E-state index contributed by atoms with van der Waals surface area (Å²) in [5.41, 5.74) is 6.53. The lowest BCUT2D eigenvalue weighted by Gasteiger charge is -2.24. The summed E-state index contributed by atoms with van der Waals surface area (Å²) in [6, 6.07) is 4.10. The number of nitrogens with two attached hydrogens (primary N) is 1. The number of aliphatic imine (C=N–C) groups is 1. The molecule has 4 N–H and O–H groups in total. The molecule has 2 rings (SSSR count). The van der Waals surface area contributed by atoms with Crippen molar-refractivity contribution in [3.8, 4) is 5.75 Å². The van der Waals surface area contributed by atoms with Crippen LogP contribution in [0, 0.1) is 5.92 Å². The van der Waals surface area contributed by atoms with Gasteiger partial charge in [-0.3, -0.25) is 0 Å². The number of anilines is 1. The minimum absolute atomic E-state index is 0.0759. The Balaban J connectivity index is 2.30. The van der Waals surface area contributed by atoms with Crippen molar-refractivity contribution >= 4 is 29.3 Å². The number of rotatable bonds is 3. The van der Waals surface area contributed by atoms with Crippen molar-refractivity contribution in [1.29, 1.82) is 0 Å². The van der Waals surface area contributed by atoms with Gasteiger partial charge < -0.3 is 21.1 Å². The largest absolute Gasteiger partial charge is 0.508 e. The molecular weight excluding hydrogens is 280 g/mol. The average molecular weight is 297 g/mol. The lowest BCUT2D eigenvalue weighted by atomic mass is 10.2. The molecule has 1 aromatic carbocycles. The zero-order valence-corrected chi connectivity index (χ0v) is 11.9. The van der Waals surface area contributed by atoms with Crippen molar-refractivity contribution < 1.29 is 9.90 Å². The SMILES string of the molecule is CNC(=O)N=C(N)N(CC1CC1)c1ccc(O)cc1Cl. The van der Waals surface area contributed by atoms with Crippen LogP contribution in [0.1, 0.15) is 12.8 Å². The van der Waals surface area contributed by atoms with E-state index < -0.39 is 6.03 Å². The normalized spacial score (nSPS) is 15.0. The number of hydrogen-bond acceptors (Lipinski definition) is 2. The summed E-state index contributed by atoms with van der Waals surface area (Å²) in [6.45, 7) is 0.650. The number of urea groups is 1. The van der Waals surface area contributed by atoms with Crippen molar-refractivity contribution in [2.75, 3.05) is 18.5 Å². The van der Waals surface area contributed by atoms with E-state index >= 15 is 0 Å². The van der Waals surface area contributed by atoms with Crippen LogP contribution in [0.15, 0.2) is 23.2 Å². The third-order valence-corrected chi connectivity index (χ3v) is 3.37. The highest BCUT2D eigenvalue weighted by molar-refractivity contribution is 6.34. The van der Waals surface area contributed by atoms with Gasteiger partial charge in [0.15, 0.2) is 0 Å². The van der Waals surface area contributed by atoms with E-state index in [2.05, 4.69) is 10.3 Å². The molecule has 7 heteroatoms. The standard InChI is InChI=1S/C13H17ClN4O2/c1-16-13(20)17-12(15)18(7-8-2-3-8)11-5-4-9(19)6-10(11)14/h4-6,8,19H,2-3,7H2,1H3,(H3,15,16,17,20). The van der Waals surface area contributed by atoms with Crippen molar-refractivity contribution in [1.82, 2.24) is 5.32 Å². The predicted molar refractivity (Wildman–Crippen MR) is 79.3 cm³/mol. The molecule has 0 radical (unpaired) electrons. The fourth-order valence-electron chi connectivity index (χ4n) is 1.81. The third-order valence-electron chi connectivity index (χ3n) is 3.07. The summed E-state index contributed by atoms with van der Waals surface area (Å²) in [5, 5.41) is 12.2. The van der Waals surface area contributed by atoms with Gasteiger partial charge in [-0.05, 0) is 30.9 Å². The van der Waals surface area contributed by atoms with E-state index in [9.17, 15) is 9.90 Å². The van der Waals surface area contributed by atoms with E-state index in [4.69, 9.17) is 17.3 Å². The van der Waals surface area contributed by atoms with Crippen molar-refractivity contribution in [2.24, 2.45) is 16.6 Å². The Morgan fingerprint density at radius 2 is 2.30 bits per heavy atom. The molecule has 1 saturated carbocycles. The summed E-state index contributed by atoms with van der Waals surface area (Å²) >= 11 is 6.13. The number of amides is 2. The van der Waals surface area contributed by atoms with E-state index in [0.717, 1.165) is 12.8 Å². The molecule has 0 saturated heterocycles. The Hall–Kier alpha value is -1.95. The lowest BCUT2D eigenvalue weighted by Crippen LogP contribution is -2.40. The number of phenolic OH excluding ortho intramolecular Hbond substituents is 1. The molecule has 2 amide bonds. The Morgan fingerprint density at radius 3 is 2.85 bits per heavy atom. The lowest BCUT2D eigenvalue weighted by molar-refractivity contribution is 0.251. The molecule has 0 atom stereocenters. The number of nitrogens with zero attached hydrogens (tertiary/aromatic N) is 2. The Labute approximate surface area is 122 Å². The van der Waals surface area contributed by atoms with Crippen molar-refractivity contribution in [2.45, 2.75) is 12.8 Å². The Kier molecular flexibility index (Phi) is 4.34. The van der Waals surface area contributed by atoms with Gasteiger partial charge in [0.05, 0.1) is 10.7 Å². The zero-order chi connectivity index (χ0) is 14.7. The monoisotopic (exact) mass is 296 g/mol. The number of carbonyl (C=O) groups excluding carboxylic acids is 1. The van der Waals surface area contributed by atoms with Gasteiger partial charge in [0.1, 0.15) is 5.75 Å². The maximum absolute atomic E-state index is 11.3. The number of aromatic hydroxyl groups is 1. The van der Waals surface area contributed by atoms with Gasteiger partial charge in [-0.25, -0.2) is 4.79 Å². The first kappa shape index (κ1) is 14.5. The second-order valence-electron chi connectivity index (χ2n) is 4.71. The van der Waals surface area contributed by atoms with Gasteiger partial charge in [0, 0.05) is 19.7 Å². The molecule has 0 bridgehead atoms. The van der Waals surface area contributed by atoms with Crippen LogP contribution >= 0.6 is 11.6 Å². The molecule has 1 aliphatic rings. The summed E-state index contributed by atoms with van der Waals surface area (Å²) in [6.07, 6.45) is 2.25. The fourth-order valence-corrected chi connectivity index (χ4v) is 2.09. The number of carbonyl (C=O) groups is 1. The maximum atomic E-state index is 11.3. The molecule has 108 valence electrons. The number of halogens is 1. The molecule has 0 unspecified atom stereocenters. The summed E-state index contributed by atoms with van der Waals surface area (Å²) in [7, 11) is 1.48. The van der Waals surface area contributed by atoms with E-state index in [1.807, 2.05) is 0 Å². The fraction of sp³-hybridized carbons (Fsp3) is 0.385. The third kappa shape index (κ3) is 3.54. The van der Waals surface area contributed by atoms with Gasteiger partial charge in [0.25, 0.3) is 0 Å². The average Bonchev–Trinajstić information content (AvgIpc) is 3.20. The van der Waals surface area contributed by atoms with Gasteiger partial charge in [0.2, 0.25) is 5.96 Å². The van der Waals surface area contributed by atoms with Crippen molar-refractivity contribution in [3.63, 3.8) is 0 Å². The number of nitrogens with one attached hydrogen (secondary N) is 1. The molecule has 20 heavy (non-hydrogen) atoms. The van der Waals surface area contributed by atoms with Crippen LogP contribution in [0.3, 0.4) is 0 Å². The van der Waals surface area contributed by atoms with Gasteiger partial charge >= 0.3 is 6.03 Å². The number of hydrogen-bond donors (Lipinski definition) is 3. The smallest absolute Gasteiger partial charge is 0.343 e. The quantitative estimate of drug-likeness (QED) is 0.587. The Morgan fingerprint density at radius 1 is 1.60 bits per heavy atom. The van der Waals surface area contributed by atoms with E-state index in [1.54, 1.807) is 11.0 Å². The van der Waals surface area contributed by atoms with Crippen molar-refractivity contribution in [3.05, 3.63) is 23.2 Å². The number of benzene rings is 1. The van der Waals surface area contributed by atoms with E-state index in [1.165, 1.54) is 19.2 Å². The van der Waals surface area contributed by atoms with Crippen LogP contribution in [0.4, 0.5) is 10.5 Å². The van der Waals surface area contributed by atoms with E-state index in [-0.39, 0.29) is 11.7 Å². The molecule has 1 aromatic rings. The van der Waals surface area contributed by atoms with Crippen LogP contribution in [-0.2, 0) is 0 Å². The first-order valence-corrected chi connectivity index (χ1v) is 6.71. The van der Waals surface area contributed by atoms with Crippen LogP contribution in [-0.4, -0.2) is 30.7 Å². The minimum Gasteiger partial charge on any atom is -0.508 e. The highest BCUT2D eigenvalue weighted by Gasteiger charge is 2.27. The number of phenols is 1.